The van der Waals surface area contributed by atoms with Crippen LogP contribution >= 0.6 is 0 Å². The normalized spacial score (nSPS) is 14.7. The summed E-state index contributed by atoms with van der Waals surface area (Å²) in [7, 11) is 0. The number of aliphatic hydroxyl groups excluding tert-OH is 3. The molecule has 0 bridgehead atoms. The van der Waals surface area contributed by atoms with Gasteiger partial charge in [0, 0.05) is 0 Å². The van der Waals surface area contributed by atoms with E-state index in [9.17, 15) is 0 Å². The zero-order chi connectivity index (χ0) is 15.4. The van der Waals surface area contributed by atoms with Gasteiger partial charge in [-0.05, 0) is 32.9 Å². The Morgan fingerprint density at radius 2 is 1.50 bits per heavy atom. The minimum absolute atomic E-state index is 0.00667. The topological polar surface area (TPSA) is 79.2 Å². The second-order valence-corrected chi connectivity index (χ2v) is 4.65. The molecule has 0 aliphatic heterocycles. The molecule has 20 heavy (non-hydrogen) atoms. The maximum Gasteiger partial charge on any atom is 0.119 e. The summed E-state index contributed by atoms with van der Waals surface area (Å²) in [6.45, 7) is 5.74. The second kappa shape index (κ2) is 11.7. The molecule has 0 aliphatic rings. The number of rotatable bonds is 7. The van der Waals surface area contributed by atoms with Gasteiger partial charge in [-0.1, -0.05) is 18.2 Å². The number of benzene rings is 1. The first-order valence-corrected chi connectivity index (χ1v) is 6.72. The van der Waals surface area contributed by atoms with E-state index in [1.54, 1.807) is 20.8 Å². The Kier molecular flexibility index (Phi) is 11.0. The summed E-state index contributed by atoms with van der Waals surface area (Å²) in [5, 5.41) is 26.0. The third kappa shape index (κ3) is 11.9. The van der Waals surface area contributed by atoms with Gasteiger partial charge in [0.25, 0.3) is 0 Å². The van der Waals surface area contributed by atoms with Crippen LogP contribution in [0.2, 0.25) is 0 Å². The maximum atomic E-state index is 8.89. The summed E-state index contributed by atoms with van der Waals surface area (Å²) >= 11 is 0. The van der Waals surface area contributed by atoms with Gasteiger partial charge >= 0.3 is 0 Å². The number of aliphatic hydroxyl groups is 3. The summed E-state index contributed by atoms with van der Waals surface area (Å²) in [6.07, 6.45) is -1.02. The summed E-state index contributed by atoms with van der Waals surface area (Å²) in [6, 6.07) is 9.45. The van der Waals surface area contributed by atoms with Crippen molar-refractivity contribution < 1.29 is 24.8 Å². The number of hydrogen-bond acceptors (Lipinski definition) is 5. The lowest BCUT2D eigenvalue weighted by Gasteiger charge is -2.10. The molecule has 116 valence electrons. The Labute approximate surface area is 120 Å². The van der Waals surface area contributed by atoms with Gasteiger partial charge in [-0.25, -0.2) is 0 Å². The molecule has 3 N–H and O–H groups in total. The molecule has 0 aromatic heterocycles. The van der Waals surface area contributed by atoms with Crippen LogP contribution in [-0.2, 0) is 4.74 Å². The van der Waals surface area contributed by atoms with E-state index >= 15 is 0 Å². The van der Waals surface area contributed by atoms with Crippen molar-refractivity contribution in [2.45, 2.75) is 39.1 Å². The number of ether oxygens (including phenoxy) is 2. The van der Waals surface area contributed by atoms with Crippen LogP contribution in [0.15, 0.2) is 30.3 Å². The van der Waals surface area contributed by atoms with E-state index < -0.39 is 12.2 Å². The average Bonchev–Trinajstić information content (AvgIpc) is 2.44. The van der Waals surface area contributed by atoms with Crippen LogP contribution in [0, 0.1) is 0 Å². The fourth-order valence-corrected chi connectivity index (χ4v) is 1.09. The molecule has 1 aromatic carbocycles. The molecule has 0 heterocycles. The number of para-hydroxylation sites is 1. The Morgan fingerprint density at radius 3 is 1.95 bits per heavy atom. The molecule has 0 saturated carbocycles. The van der Waals surface area contributed by atoms with Crippen LogP contribution in [0.5, 0.6) is 5.75 Å². The van der Waals surface area contributed by atoms with Gasteiger partial charge in [0.05, 0.1) is 31.5 Å². The minimum Gasteiger partial charge on any atom is -0.491 e. The second-order valence-electron chi connectivity index (χ2n) is 4.65. The van der Waals surface area contributed by atoms with Gasteiger partial charge in [-0.15, -0.1) is 0 Å². The van der Waals surface area contributed by atoms with Gasteiger partial charge < -0.3 is 24.8 Å². The first-order valence-electron chi connectivity index (χ1n) is 6.72. The van der Waals surface area contributed by atoms with Gasteiger partial charge in [-0.2, -0.15) is 0 Å². The Hall–Kier alpha value is -1.14. The molecule has 5 heteroatoms. The van der Waals surface area contributed by atoms with Crippen LogP contribution in [0.3, 0.4) is 0 Å². The van der Waals surface area contributed by atoms with E-state index in [1.807, 2.05) is 30.3 Å². The summed E-state index contributed by atoms with van der Waals surface area (Å²) in [5.41, 5.74) is 0. The van der Waals surface area contributed by atoms with E-state index in [1.165, 1.54) is 0 Å². The van der Waals surface area contributed by atoms with E-state index in [4.69, 9.17) is 24.8 Å². The molecule has 1 rings (SSSR count). The molecule has 0 radical (unpaired) electrons. The predicted octanol–water partition coefficient (Wildman–Crippen LogP) is 1.21. The average molecular weight is 286 g/mol. The van der Waals surface area contributed by atoms with Crippen LogP contribution in [0.4, 0.5) is 0 Å². The third-order valence-corrected chi connectivity index (χ3v) is 2.11. The van der Waals surface area contributed by atoms with Crippen LogP contribution in [0.25, 0.3) is 0 Å². The summed E-state index contributed by atoms with van der Waals surface area (Å²) in [4.78, 5) is 0. The quantitative estimate of drug-likeness (QED) is 0.702. The zero-order valence-electron chi connectivity index (χ0n) is 12.4. The lowest BCUT2D eigenvalue weighted by atomic mass is 10.3. The first kappa shape index (κ1) is 18.9. The van der Waals surface area contributed by atoms with Crippen molar-refractivity contribution in [2.75, 3.05) is 19.8 Å². The van der Waals surface area contributed by atoms with Crippen LogP contribution in [-0.4, -0.2) is 53.5 Å². The maximum absolute atomic E-state index is 8.89. The SMILES string of the molecule is CC(O)COC(C)CO.CC(O)COc1ccccc1. The highest BCUT2D eigenvalue weighted by atomic mass is 16.5. The molecular formula is C15H26O5. The van der Waals surface area contributed by atoms with Crippen molar-refractivity contribution in [1.82, 2.24) is 0 Å². The van der Waals surface area contributed by atoms with E-state index in [0.29, 0.717) is 13.2 Å². The third-order valence-electron chi connectivity index (χ3n) is 2.11. The molecule has 5 nitrogen and oxygen atoms in total. The standard InChI is InChI=1S/C9H12O2.C6H14O3/c1-8(10)7-11-9-5-3-2-4-6-9;1-5(8)4-9-6(2)3-7/h2-6,8,10H,7H2,1H3;5-8H,3-4H2,1-2H3. The van der Waals surface area contributed by atoms with Crippen molar-refractivity contribution in [3.8, 4) is 5.75 Å². The lowest BCUT2D eigenvalue weighted by Crippen LogP contribution is -2.19. The first-order chi connectivity index (χ1) is 9.45. The van der Waals surface area contributed by atoms with Gasteiger partial charge in [0.2, 0.25) is 0 Å². The van der Waals surface area contributed by atoms with Crippen LogP contribution in [0.1, 0.15) is 20.8 Å². The van der Waals surface area contributed by atoms with Crippen molar-refractivity contribution >= 4 is 0 Å². The van der Waals surface area contributed by atoms with Crippen molar-refractivity contribution in [3.63, 3.8) is 0 Å². The summed E-state index contributed by atoms with van der Waals surface area (Å²) in [5.74, 6) is 0.799. The molecule has 0 fully saturated rings. The molecule has 3 unspecified atom stereocenters. The van der Waals surface area contributed by atoms with Crippen LogP contribution < -0.4 is 4.74 Å². The fraction of sp³-hybridized carbons (Fsp3) is 0.600. The van der Waals surface area contributed by atoms with Gasteiger partial charge in [0.15, 0.2) is 0 Å². The molecule has 3 atom stereocenters. The highest BCUT2D eigenvalue weighted by Crippen LogP contribution is 2.07. The monoisotopic (exact) mass is 286 g/mol. The Morgan fingerprint density at radius 1 is 0.950 bits per heavy atom. The van der Waals surface area contributed by atoms with E-state index in [-0.39, 0.29) is 12.7 Å². The largest absolute Gasteiger partial charge is 0.491 e. The number of hydrogen-bond donors (Lipinski definition) is 3. The highest BCUT2D eigenvalue weighted by molar-refractivity contribution is 5.20. The molecule has 0 saturated heterocycles. The van der Waals surface area contributed by atoms with Gasteiger partial charge in [0.1, 0.15) is 12.4 Å². The molecule has 0 aliphatic carbocycles. The minimum atomic E-state index is -0.445. The van der Waals surface area contributed by atoms with Crippen molar-refractivity contribution in [1.29, 1.82) is 0 Å². The van der Waals surface area contributed by atoms with Gasteiger partial charge in [-0.3, -0.25) is 0 Å². The smallest absolute Gasteiger partial charge is 0.119 e. The molecule has 1 aromatic rings. The molecule has 0 amide bonds. The lowest BCUT2D eigenvalue weighted by molar-refractivity contribution is -0.0177. The predicted molar refractivity (Wildman–Crippen MR) is 77.8 cm³/mol. The van der Waals surface area contributed by atoms with E-state index in [0.717, 1.165) is 5.75 Å². The Bertz CT molecular complexity index is 313. The van der Waals surface area contributed by atoms with Crippen molar-refractivity contribution in [2.24, 2.45) is 0 Å². The summed E-state index contributed by atoms with van der Waals surface area (Å²) < 4.78 is 10.2. The van der Waals surface area contributed by atoms with E-state index in [2.05, 4.69) is 0 Å². The molecular weight excluding hydrogens is 260 g/mol. The molecule has 0 spiro atoms. The zero-order valence-corrected chi connectivity index (χ0v) is 12.4. The highest BCUT2D eigenvalue weighted by Gasteiger charge is 2.00. The fourth-order valence-electron chi connectivity index (χ4n) is 1.09. The van der Waals surface area contributed by atoms with Crippen molar-refractivity contribution in [3.05, 3.63) is 30.3 Å². The Balaban J connectivity index is 0.000000370.